The van der Waals surface area contributed by atoms with Crippen LogP contribution >= 0.6 is 0 Å². The van der Waals surface area contributed by atoms with E-state index in [1.165, 1.54) is 12.8 Å². The Morgan fingerprint density at radius 2 is 1.83 bits per heavy atom. The zero-order chi connectivity index (χ0) is 15.6. The van der Waals surface area contributed by atoms with Gasteiger partial charge >= 0.3 is 0 Å². The molecular formula is C18H25NO4. The van der Waals surface area contributed by atoms with Crippen molar-refractivity contribution in [1.82, 2.24) is 4.90 Å². The molecule has 1 aromatic rings. The average Bonchev–Trinajstić information content (AvgIpc) is 3.15. The number of hydrogen-bond acceptors (Lipinski definition) is 5. The maximum absolute atomic E-state index is 6.23. The highest BCUT2D eigenvalue weighted by molar-refractivity contribution is 5.16. The number of rotatable bonds is 3. The highest BCUT2D eigenvalue weighted by Crippen LogP contribution is 2.36. The van der Waals surface area contributed by atoms with E-state index in [2.05, 4.69) is 4.90 Å². The number of fused-ring (bicyclic) bond motifs is 1. The number of methoxy groups -OCH3 is 1. The SMILES string of the molecule is CO[C@@H]1O[C@@H]2COC(c3ccccc3)O[C@H]2C[C@H]1N1CCCC1. The molecule has 3 aliphatic heterocycles. The largest absolute Gasteiger partial charge is 0.354 e. The molecule has 5 heteroatoms. The first-order valence-corrected chi connectivity index (χ1v) is 8.59. The summed E-state index contributed by atoms with van der Waals surface area (Å²) < 4.78 is 23.8. The molecule has 0 N–H and O–H groups in total. The van der Waals surface area contributed by atoms with Crippen LogP contribution in [0.3, 0.4) is 0 Å². The van der Waals surface area contributed by atoms with Gasteiger partial charge in [0.1, 0.15) is 6.10 Å². The van der Waals surface area contributed by atoms with Crippen LogP contribution in [0.25, 0.3) is 0 Å². The Hall–Kier alpha value is -0.980. The van der Waals surface area contributed by atoms with Crippen molar-refractivity contribution in [2.75, 3.05) is 26.8 Å². The first-order valence-electron chi connectivity index (χ1n) is 8.59. The van der Waals surface area contributed by atoms with Gasteiger partial charge in [0.15, 0.2) is 12.6 Å². The van der Waals surface area contributed by atoms with Crippen LogP contribution in [0, 0.1) is 0 Å². The summed E-state index contributed by atoms with van der Waals surface area (Å²) in [4.78, 5) is 2.49. The number of nitrogens with zero attached hydrogens (tertiary/aromatic N) is 1. The number of ether oxygens (including phenoxy) is 4. The van der Waals surface area contributed by atoms with Crippen LogP contribution in [-0.4, -0.2) is 56.2 Å². The van der Waals surface area contributed by atoms with Gasteiger partial charge in [0, 0.05) is 12.7 Å². The van der Waals surface area contributed by atoms with Crippen LogP contribution in [0.2, 0.25) is 0 Å². The molecule has 0 bridgehead atoms. The summed E-state index contributed by atoms with van der Waals surface area (Å²) in [6, 6.07) is 10.4. The summed E-state index contributed by atoms with van der Waals surface area (Å²) in [5.74, 6) is 0. The maximum Gasteiger partial charge on any atom is 0.184 e. The summed E-state index contributed by atoms with van der Waals surface area (Å²) in [6.07, 6.45) is 3.00. The quantitative estimate of drug-likeness (QED) is 0.855. The van der Waals surface area contributed by atoms with E-state index in [-0.39, 0.29) is 30.8 Å². The Morgan fingerprint density at radius 1 is 1.04 bits per heavy atom. The van der Waals surface area contributed by atoms with Crippen LogP contribution < -0.4 is 0 Å². The standard InChI is InChI=1S/C18H25NO4/c1-20-18-14(19-9-5-6-10-19)11-15-16(23-18)12-21-17(22-15)13-7-3-2-4-8-13/h2-4,7-8,14-18H,5-6,9-12H2,1H3/t14-,15+,16-,17?,18-/m1/s1. The van der Waals surface area contributed by atoms with Crippen molar-refractivity contribution < 1.29 is 18.9 Å². The smallest absolute Gasteiger partial charge is 0.184 e. The fourth-order valence-corrected chi connectivity index (χ4v) is 3.91. The van der Waals surface area contributed by atoms with Crippen molar-refractivity contribution in [3.8, 4) is 0 Å². The van der Waals surface area contributed by atoms with Gasteiger partial charge in [-0.3, -0.25) is 4.90 Å². The molecule has 0 aromatic heterocycles. The molecule has 0 amide bonds. The number of likely N-dealkylation sites (tertiary alicyclic amines) is 1. The second-order valence-corrected chi connectivity index (χ2v) is 6.58. The van der Waals surface area contributed by atoms with Gasteiger partial charge in [-0.1, -0.05) is 30.3 Å². The lowest BCUT2D eigenvalue weighted by Gasteiger charge is -2.47. The Morgan fingerprint density at radius 3 is 2.57 bits per heavy atom. The highest BCUT2D eigenvalue weighted by atomic mass is 16.7. The number of benzene rings is 1. The third kappa shape index (κ3) is 3.16. The summed E-state index contributed by atoms with van der Waals surface area (Å²) in [5, 5.41) is 0. The molecule has 1 aromatic carbocycles. The van der Waals surface area contributed by atoms with Gasteiger partial charge in [-0.15, -0.1) is 0 Å². The molecule has 3 aliphatic rings. The molecule has 4 rings (SSSR count). The van der Waals surface area contributed by atoms with E-state index in [0.29, 0.717) is 6.61 Å². The van der Waals surface area contributed by atoms with Gasteiger partial charge in [0.25, 0.3) is 0 Å². The van der Waals surface area contributed by atoms with Crippen LogP contribution in [0.4, 0.5) is 0 Å². The molecule has 3 saturated heterocycles. The number of hydrogen-bond donors (Lipinski definition) is 0. The van der Waals surface area contributed by atoms with Gasteiger partial charge in [-0.2, -0.15) is 0 Å². The lowest BCUT2D eigenvalue weighted by atomic mass is 9.98. The van der Waals surface area contributed by atoms with E-state index < -0.39 is 0 Å². The summed E-state index contributed by atoms with van der Waals surface area (Å²) in [7, 11) is 1.73. The van der Waals surface area contributed by atoms with Crippen molar-refractivity contribution in [3.05, 3.63) is 35.9 Å². The van der Waals surface area contributed by atoms with Crippen LogP contribution in [0.1, 0.15) is 31.1 Å². The highest BCUT2D eigenvalue weighted by Gasteiger charge is 2.45. The van der Waals surface area contributed by atoms with E-state index in [9.17, 15) is 0 Å². The molecule has 0 aliphatic carbocycles. The van der Waals surface area contributed by atoms with E-state index >= 15 is 0 Å². The minimum atomic E-state index is -0.292. The molecule has 5 nitrogen and oxygen atoms in total. The van der Waals surface area contributed by atoms with E-state index in [1.54, 1.807) is 7.11 Å². The molecule has 0 saturated carbocycles. The second-order valence-electron chi connectivity index (χ2n) is 6.58. The minimum Gasteiger partial charge on any atom is -0.354 e. The predicted molar refractivity (Wildman–Crippen MR) is 84.9 cm³/mol. The molecule has 23 heavy (non-hydrogen) atoms. The van der Waals surface area contributed by atoms with Gasteiger partial charge in [0.2, 0.25) is 0 Å². The molecule has 126 valence electrons. The summed E-state index contributed by atoms with van der Waals surface area (Å²) >= 11 is 0. The van der Waals surface area contributed by atoms with Gasteiger partial charge in [-0.05, 0) is 32.4 Å². The van der Waals surface area contributed by atoms with Crippen molar-refractivity contribution in [2.45, 2.75) is 50.1 Å². The van der Waals surface area contributed by atoms with Crippen LogP contribution in [0.15, 0.2) is 30.3 Å². The van der Waals surface area contributed by atoms with E-state index in [1.807, 2.05) is 30.3 Å². The van der Waals surface area contributed by atoms with E-state index in [4.69, 9.17) is 18.9 Å². The first-order chi connectivity index (χ1) is 11.3. The Balaban J connectivity index is 1.47. The minimum absolute atomic E-state index is 0.0428. The average molecular weight is 319 g/mol. The van der Waals surface area contributed by atoms with E-state index in [0.717, 1.165) is 25.1 Å². The molecule has 0 radical (unpaired) electrons. The Labute approximate surface area is 137 Å². The first kappa shape index (κ1) is 15.5. The lowest BCUT2D eigenvalue weighted by molar-refractivity contribution is -0.326. The summed E-state index contributed by atoms with van der Waals surface area (Å²) in [5.41, 5.74) is 1.07. The van der Waals surface area contributed by atoms with Crippen molar-refractivity contribution in [3.63, 3.8) is 0 Å². The van der Waals surface area contributed by atoms with Gasteiger partial charge in [-0.25, -0.2) is 0 Å². The van der Waals surface area contributed by atoms with Crippen molar-refractivity contribution >= 4 is 0 Å². The molecule has 1 unspecified atom stereocenters. The van der Waals surface area contributed by atoms with Crippen molar-refractivity contribution in [1.29, 1.82) is 0 Å². The fraction of sp³-hybridized carbons (Fsp3) is 0.667. The monoisotopic (exact) mass is 319 g/mol. The second kappa shape index (κ2) is 6.87. The molecular weight excluding hydrogens is 294 g/mol. The molecule has 0 spiro atoms. The summed E-state index contributed by atoms with van der Waals surface area (Å²) in [6.45, 7) is 2.81. The molecule has 5 atom stereocenters. The zero-order valence-corrected chi connectivity index (χ0v) is 13.6. The predicted octanol–water partition coefficient (Wildman–Crippen LogP) is 2.33. The van der Waals surface area contributed by atoms with Gasteiger partial charge in [0.05, 0.1) is 18.8 Å². The van der Waals surface area contributed by atoms with Crippen LogP contribution in [-0.2, 0) is 18.9 Å². The molecule has 3 fully saturated rings. The third-order valence-corrected chi connectivity index (χ3v) is 5.14. The van der Waals surface area contributed by atoms with Crippen LogP contribution in [0.5, 0.6) is 0 Å². The Bertz CT molecular complexity index is 505. The Kier molecular flexibility index (Phi) is 4.64. The topological polar surface area (TPSA) is 40.2 Å². The zero-order valence-electron chi connectivity index (χ0n) is 13.6. The van der Waals surface area contributed by atoms with Crippen molar-refractivity contribution in [2.24, 2.45) is 0 Å². The fourth-order valence-electron chi connectivity index (χ4n) is 3.91. The molecule has 3 heterocycles. The third-order valence-electron chi connectivity index (χ3n) is 5.14. The maximum atomic E-state index is 6.23. The van der Waals surface area contributed by atoms with Gasteiger partial charge < -0.3 is 18.9 Å². The normalized spacial score (nSPS) is 38.4. The lowest BCUT2D eigenvalue weighted by Crippen LogP contribution is -2.58.